The van der Waals surface area contributed by atoms with Crippen LogP contribution in [0.15, 0.2) is 35.4 Å². The molecule has 1 unspecified atom stereocenters. The zero-order chi connectivity index (χ0) is 15.2. The number of nitrogens with one attached hydrogen (secondary N) is 1. The van der Waals surface area contributed by atoms with E-state index >= 15 is 0 Å². The minimum atomic E-state index is -0.318. The Balaban J connectivity index is 2.51. The van der Waals surface area contributed by atoms with Gasteiger partial charge in [-0.3, -0.25) is 5.84 Å². The number of thioether (sulfide) groups is 1. The zero-order valence-electron chi connectivity index (χ0n) is 12.2. The van der Waals surface area contributed by atoms with Gasteiger partial charge in [-0.15, -0.1) is 11.8 Å². The Labute approximate surface area is 128 Å². The molecule has 1 aromatic heterocycles. The first-order valence-electron chi connectivity index (χ1n) is 6.29. The molecular formula is C14H18N4O2S. The summed E-state index contributed by atoms with van der Waals surface area (Å²) in [6.45, 7) is 0. The standard InChI is InChI=1S/C14H18N4O2S/c1-19-11-8-16-13(14(17-11)20-2)12(18-15)9-6-4-5-7-10(9)21-3/h4-8,12,18H,15H2,1-3H3. The highest BCUT2D eigenvalue weighted by atomic mass is 32.2. The first kappa shape index (κ1) is 15.6. The number of benzene rings is 1. The summed E-state index contributed by atoms with van der Waals surface area (Å²) in [7, 11) is 3.08. The van der Waals surface area contributed by atoms with E-state index in [1.807, 2.05) is 30.5 Å². The molecule has 1 aromatic carbocycles. The fourth-order valence-electron chi connectivity index (χ4n) is 2.03. The number of methoxy groups -OCH3 is 2. The molecule has 1 atom stereocenters. The molecule has 112 valence electrons. The minimum absolute atomic E-state index is 0.318. The van der Waals surface area contributed by atoms with Crippen molar-refractivity contribution in [2.24, 2.45) is 5.84 Å². The second-order valence-corrected chi connectivity index (χ2v) is 5.00. The summed E-state index contributed by atoms with van der Waals surface area (Å²) >= 11 is 1.65. The molecule has 6 nitrogen and oxygen atoms in total. The van der Waals surface area contributed by atoms with Gasteiger partial charge in [0.25, 0.3) is 0 Å². The Morgan fingerprint density at radius 2 is 2.00 bits per heavy atom. The maximum absolute atomic E-state index is 5.74. The summed E-state index contributed by atoms with van der Waals surface area (Å²) in [6.07, 6.45) is 3.56. The van der Waals surface area contributed by atoms with Crippen LogP contribution in [-0.4, -0.2) is 30.4 Å². The fraction of sp³-hybridized carbons (Fsp3) is 0.286. The van der Waals surface area contributed by atoms with Crippen LogP contribution in [0.3, 0.4) is 0 Å². The van der Waals surface area contributed by atoms with Crippen LogP contribution in [-0.2, 0) is 0 Å². The fourth-order valence-corrected chi connectivity index (χ4v) is 2.67. The van der Waals surface area contributed by atoms with Gasteiger partial charge in [-0.1, -0.05) is 18.2 Å². The number of hydrogen-bond donors (Lipinski definition) is 2. The van der Waals surface area contributed by atoms with Crippen LogP contribution in [0.25, 0.3) is 0 Å². The van der Waals surface area contributed by atoms with Crippen LogP contribution in [0.1, 0.15) is 17.3 Å². The molecule has 0 saturated heterocycles. The first-order chi connectivity index (χ1) is 10.2. The van der Waals surface area contributed by atoms with Crippen molar-refractivity contribution in [2.75, 3.05) is 20.5 Å². The van der Waals surface area contributed by atoms with Gasteiger partial charge in [0.15, 0.2) is 0 Å². The maximum atomic E-state index is 5.74. The Kier molecular flexibility index (Phi) is 5.38. The SMILES string of the molecule is COc1cnc(C(NN)c2ccccc2SC)c(OC)n1. The molecule has 0 saturated carbocycles. The van der Waals surface area contributed by atoms with E-state index in [-0.39, 0.29) is 6.04 Å². The van der Waals surface area contributed by atoms with Crippen molar-refractivity contribution >= 4 is 11.8 Å². The summed E-state index contributed by atoms with van der Waals surface area (Å²) in [4.78, 5) is 9.74. The van der Waals surface area contributed by atoms with Gasteiger partial charge in [-0.05, 0) is 17.9 Å². The minimum Gasteiger partial charge on any atom is -0.480 e. The number of rotatable bonds is 6. The summed E-state index contributed by atoms with van der Waals surface area (Å²) in [5, 5.41) is 0. The van der Waals surface area contributed by atoms with E-state index < -0.39 is 0 Å². The average molecular weight is 306 g/mol. The zero-order valence-corrected chi connectivity index (χ0v) is 13.0. The second-order valence-electron chi connectivity index (χ2n) is 4.15. The molecule has 2 rings (SSSR count). The topological polar surface area (TPSA) is 82.3 Å². The average Bonchev–Trinajstić information content (AvgIpc) is 2.56. The number of nitrogens with zero attached hydrogens (tertiary/aromatic N) is 2. The van der Waals surface area contributed by atoms with E-state index in [9.17, 15) is 0 Å². The van der Waals surface area contributed by atoms with Crippen LogP contribution < -0.4 is 20.7 Å². The Hall–Kier alpha value is -1.83. The van der Waals surface area contributed by atoms with Crippen molar-refractivity contribution in [3.05, 3.63) is 41.7 Å². The lowest BCUT2D eigenvalue weighted by molar-refractivity contribution is 0.352. The van der Waals surface area contributed by atoms with Crippen molar-refractivity contribution in [3.8, 4) is 11.8 Å². The molecule has 21 heavy (non-hydrogen) atoms. The highest BCUT2D eigenvalue weighted by molar-refractivity contribution is 7.98. The summed E-state index contributed by atoms with van der Waals surface area (Å²) < 4.78 is 10.4. The van der Waals surface area contributed by atoms with E-state index in [4.69, 9.17) is 15.3 Å². The van der Waals surface area contributed by atoms with Crippen molar-refractivity contribution in [2.45, 2.75) is 10.9 Å². The highest BCUT2D eigenvalue weighted by Crippen LogP contribution is 2.32. The lowest BCUT2D eigenvalue weighted by Gasteiger charge is -2.20. The van der Waals surface area contributed by atoms with Gasteiger partial charge in [-0.2, -0.15) is 4.98 Å². The summed E-state index contributed by atoms with van der Waals surface area (Å²) in [5.74, 6) is 6.52. The Morgan fingerprint density at radius 3 is 2.62 bits per heavy atom. The van der Waals surface area contributed by atoms with E-state index in [1.54, 1.807) is 25.1 Å². The monoisotopic (exact) mass is 306 g/mol. The molecule has 7 heteroatoms. The van der Waals surface area contributed by atoms with E-state index in [2.05, 4.69) is 15.4 Å². The molecule has 0 aliphatic heterocycles. The molecule has 0 radical (unpaired) electrons. The quantitative estimate of drug-likeness (QED) is 0.478. The number of hydrazine groups is 1. The Bertz CT molecular complexity index is 609. The lowest BCUT2D eigenvalue weighted by Crippen LogP contribution is -2.30. The van der Waals surface area contributed by atoms with Crippen LogP contribution in [0.2, 0.25) is 0 Å². The summed E-state index contributed by atoms with van der Waals surface area (Å²) in [5.41, 5.74) is 4.42. The van der Waals surface area contributed by atoms with Gasteiger partial charge in [0.05, 0.1) is 26.5 Å². The Morgan fingerprint density at radius 1 is 1.24 bits per heavy atom. The van der Waals surface area contributed by atoms with Crippen molar-refractivity contribution in [1.82, 2.24) is 15.4 Å². The normalized spacial score (nSPS) is 12.0. The number of aromatic nitrogens is 2. The third kappa shape index (κ3) is 3.26. The van der Waals surface area contributed by atoms with Crippen LogP contribution in [0.4, 0.5) is 0 Å². The van der Waals surface area contributed by atoms with Crippen LogP contribution in [0.5, 0.6) is 11.8 Å². The van der Waals surface area contributed by atoms with Gasteiger partial charge in [0, 0.05) is 4.90 Å². The number of nitrogens with two attached hydrogens (primary N) is 1. The van der Waals surface area contributed by atoms with Gasteiger partial charge < -0.3 is 9.47 Å². The summed E-state index contributed by atoms with van der Waals surface area (Å²) in [6, 6.07) is 7.67. The van der Waals surface area contributed by atoms with Gasteiger partial charge in [-0.25, -0.2) is 10.4 Å². The van der Waals surface area contributed by atoms with Crippen LogP contribution in [0, 0.1) is 0 Å². The molecule has 0 bridgehead atoms. The molecule has 0 amide bonds. The van der Waals surface area contributed by atoms with Crippen LogP contribution >= 0.6 is 11.8 Å². The molecule has 1 heterocycles. The predicted molar refractivity (Wildman–Crippen MR) is 82.5 cm³/mol. The molecule has 0 fully saturated rings. The van der Waals surface area contributed by atoms with Gasteiger partial charge in [0.2, 0.25) is 11.8 Å². The molecule has 2 aromatic rings. The number of hydrogen-bond acceptors (Lipinski definition) is 7. The molecule has 0 aliphatic rings. The van der Waals surface area contributed by atoms with Gasteiger partial charge >= 0.3 is 0 Å². The van der Waals surface area contributed by atoms with E-state index in [1.165, 1.54) is 7.11 Å². The maximum Gasteiger partial charge on any atom is 0.240 e. The van der Waals surface area contributed by atoms with Crippen molar-refractivity contribution in [3.63, 3.8) is 0 Å². The van der Waals surface area contributed by atoms with Crippen molar-refractivity contribution < 1.29 is 9.47 Å². The number of ether oxygens (including phenoxy) is 2. The molecule has 3 N–H and O–H groups in total. The smallest absolute Gasteiger partial charge is 0.240 e. The molecular weight excluding hydrogens is 288 g/mol. The highest BCUT2D eigenvalue weighted by Gasteiger charge is 2.22. The molecule has 0 aliphatic carbocycles. The van der Waals surface area contributed by atoms with E-state index in [0.29, 0.717) is 17.5 Å². The van der Waals surface area contributed by atoms with Crippen molar-refractivity contribution in [1.29, 1.82) is 0 Å². The first-order valence-corrected chi connectivity index (χ1v) is 7.51. The predicted octanol–water partition coefficient (Wildman–Crippen LogP) is 1.77. The second kappa shape index (κ2) is 7.26. The van der Waals surface area contributed by atoms with Gasteiger partial charge in [0.1, 0.15) is 5.69 Å². The largest absolute Gasteiger partial charge is 0.480 e. The third-order valence-corrected chi connectivity index (χ3v) is 3.85. The lowest BCUT2D eigenvalue weighted by atomic mass is 10.0. The molecule has 0 spiro atoms. The van der Waals surface area contributed by atoms with E-state index in [0.717, 1.165) is 10.5 Å². The third-order valence-electron chi connectivity index (χ3n) is 3.04.